The van der Waals surface area contributed by atoms with Gasteiger partial charge in [-0.25, -0.2) is 18.4 Å². The van der Waals surface area contributed by atoms with Crippen LogP contribution < -0.4 is 9.88 Å². The van der Waals surface area contributed by atoms with Crippen molar-refractivity contribution >= 4 is 16.0 Å². The number of methoxy groups -OCH3 is 1. The van der Waals surface area contributed by atoms with Crippen molar-refractivity contribution in [3.05, 3.63) is 23.7 Å². The number of carboxylic acids is 1. The van der Waals surface area contributed by atoms with Crippen LogP contribution in [-0.2, 0) is 10.0 Å². The summed E-state index contributed by atoms with van der Waals surface area (Å²) in [6, 6.07) is -2.60. The van der Waals surface area contributed by atoms with Crippen molar-refractivity contribution in [1.29, 1.82) is 0 Å². The van der Waals surface area contributed by atoms with E-state index in [1.807, 2.05) is 0 Å². The monoisotopic (exact) mass is 234 g/mol. The van der Waals surface area contributed by atoms with E-state index >= 15 is 0 Å². The molecule has 0 atom stereocenters. The second kappa shape index (κ2) is 3.87. The first-order chi connectivity index (χ1) is 8.12. The molecular formula is C8H9NO5S. The van der Waals surface area contributed by atoms with Crippen molar-refractivity contribution < 1.29 is 27.2 Å². The summed E-state index contributed by atoms with van der Waals surface area (Å²) in [5.41, 5.74) is -0.817. The number of carboxylic acid groups (broad SMARTS) is 1. The Morgan fingerprint density at radius 2 is 2.20 bits per heavy atom. The highest BCUT2D eigenvalue weighted by Gasteiger charge is 2.16. The SMILES string of the molecule is [2H]c1c([2H])c(S(N)(=O)=O)c([2H])c(C(=O)O)c1OC. The quantitative estimate of drug-likeness (QED) is 0.767. The molecule has 0 unspecified atom stereocenters. The fourth-order valence-corrected chi connectivity index (χ4v) is 1.26. The van der Waals surface area contributed by atoms with Gasteiger partial charge < -0.3 is 9.84 Å². The summed E-state index contributed by atoms with van der Waals surface area (Å²) < 4.78 is 49.5. The van der Waals surface area contributed by atoms with Crippen molar-refractivity contribution in [3.8, 4) is 5.75 Å². The fraction of sp³-hybridized carbons (Fsp3) is 0.125. The molecule has 0 amide bonds. The molecule has 0 aliphatic rings. The maximum Gasteiger partial charge on any atom is 0.339 e. The molecule has 0 aromatic heterocycles. The highest BCUT2D eigenvalue weighted by Crippen LogP contribution is 2.21. The third-order valence-electron chi connectivity index (χ3n) is 1.46. The van der Waals surface area contributed by atoms with Crippen molar-refractivity contribution in [3.63, 3.8) is 0 Å². The molecule has 1 aromatic carbocycles. The average Bonchev–Trinajstić information content (AvgIpc) is 2.20. The number of primary sulfonamides is 1. The van der Waals surface area contributed by atoms with Gasteiger partial charge in [-0.2, -0.15) is 0 Å². The van der Waals surface area contributed by atoms with E-state index in [0.29, 0.717) is 0 Å². The van der Waals surface area contributed by atoms with Crippen molar-refractivity contribution in [2.75, 3.05) is 7.11 Å². The van der Waals surface area contributed by atoms with Crippen molar-refractivity contribution in [1.82, 2.24) is 0 Å². The second-order valence-electron chi connectivity index (χ2n) is 2.46. The van der Waals surface area contributed by atoms with E-state index in [2.05, 4.69) is 4.74 Å². The first kappa shape index (κ1) is 7.66. The third-order valence-corrected chi connectivity index (χ3v) is 2.23. The summed E-state index contributed by atoms with van der Waals surface area (Å²) in [6.07, 6.45) is 0. The molecule has 0 aliphatic heterocycles. The molecule has 15 heavy (non-hydrogen) atoms. The third kappa shape index (κ3) is 2.45. The lowest BCUT2D eigenvalue weighted by Gasteiger charge is -2.05. The molecule has 0 bridgehead atoms. The van der Waals surface area contributed by atoms with Gasteiger partial charge in [0, 0.05) is 0 Å². The highest BCUT2D eigenvalue weighted by atomic mass is 32.2. The van der Waals surface area contributed by atoms with Gasteiger partial charge in [-0.3, -0.25) is 0 Å². The molecule has 0 aliphatic carbocycles. The number of ether oxygens (including phenoxy) is 1. The zero-order valence-corrected chi connectivity index (χ0v) is 8.38. The zero-order chi connectivity index (χ0) is 14.2. The number of sulfonamides is 1. The molecule has 6 nitrogen and oxygen atoms in total. The summed E-state index contributed by atoms with van der Waals surface area (Å²) in [6.45, 7) is 0. The smallest absolute Gasteiger partial charge is 0.339 e. The van der Waals surface area contributed by atoms with E-state index in [1.165, 1.54) is 0 Å². The number of benzene rings is 1. The number of rotatable bonds is 3. The van der Waals surface area contributed by atoms with Crippen LogP contribution >= 0.6 is 0 Å². The molecular weight excluding hydrogens is 222 g/mol. The van der Waals surface area contributed by atoms with Gasteiger partial charge in [0.25, 0.3) is 0 Å². The summed E-state index contributed by atoms with van der Waals surface area (Å²) in [5.74, 6) is -2.19. The Bertz CT molecular complexity index is 628. The van der Waals surface area contributed by atoms with Crippen molar-refractivity contribution in [2.24, 2.45) is 5.14 Å². The minimum absolute atomic E-state index is 0.551. The second-order valence-corrected chi connectivity index (χ2v) is 3.96. The molecule has 0 fully saturated rings. The molecule has 1 rings (SSSR count). The standard InChI is InChI=1S/C8H9NO5S/c1-14-7-3-2-5(15(9,12)13)4-6(7)8(10)11/h2-4H,1H3,(H,10,11)(H2,9,12,13)/i2D,3D,4D. The summed E-state index contributed by atoms with van der Waals surface area (Å²) >= 11 is 0. The molecule has 7 heteroatoms. The van der Waals surface area contributed by atoms with Gasteiger partial charge in [0.1, 0.15) is 11.3 Å². The Labute approximate surface area is 90.5 Å². The fourth-order valence-electron chi connectivity index (χ4n) is 0.824. The Kier molecular flexibility index (Phi) is 1.98. The Balaban J connectivity index is 3.96. The van der Waals surface area contributed by atoms with E-state index < -0.39 is 50.3 Å². The van der Waals surface area contributed by atoms with Gasteiger partial charge in [0.05, 0.1) is 16.1 Å². The molecule has 0 spiro atoms. The zero-order valence-electron chi connectivity index (χ0n) is 10.6. The number of aromatic carboxylic acids is 1. The van der Waals surface area contributed by atoms with Crippen LogP contribution in [0.15, 0.2) is 23.0 Å². The maximum absolute atomic E-state index is 11.2. The maximum atomic E-state index is 11.2. The predicted octanol–water partition coefficient (Wildman–Crippen LogP) is 0.0408. The van der Waals surface area contributed by atoms with Gasteiger partial charge in [0.15, 0.2) is 0 Å². The number of hydrogen-bond acceptors (Lipinski definition) is 4. The number of hydrogen-bond donors (Lipinski definition) is 2. The molecule has 1 aromatic rings. The van der Waals surface area contributed by atoms with Gasteiger partial charge in [-0.05, 0) is 18.1 Å². The lowest BCUT2D eigenvalue weighted by atomic mass is 10.2. The average molecular weight is 234 g/mol. The first-order valence-corrected chi connectivity index (χ1v) is 5.11. The summed E-state index contributed by atoms with van der Waals surface area (Å²) in [7, 11) is -3.43. The van der Waals surface area contributed by atoms with Crippen LogP contribution in [0.1, 0.15) is 14.5 Å². The minimum atomic E-state index is -4.48. The lowest BCUT2D eigenvalue weighted by molar-refractivity contribution is 0.0693. The van der Waals surface area contributed by atoms with E-state index in [9.17, 15) is 13.2 Å². The Morgan fingerprint density at radius 3 is 2.60 bits per heavy atom. The van der Waals surface area contributed by atoms with Crippen LogP contribution in [0, 0.1) is 0 Å². The van der Waals surface area contributed by atoms with Crippen LogP contribution in [-0.4, -0.2) is 26.6 Å². The largest absolute Gasteiger partial charge is 0.496 e. The van der Waals surface area contributed by atoms with E-state index in [1.54, 1.807) is 0 Å². The molecule has 0 saturated carbocycles. The Morgan fingerprint density at radius 1 is 1.60 bits per heavy atom. The van der Waals surface area contributed by atoms with Gasteiger partial charge in [0.2, 0.25) is 10.0 Å². The van der Waals surface area contributed by atoms with Crippen LogP contribution in [0.2, 0.25) is 0 Å². The molecule has 82 valence electrons. The number of nitrogens with two attached hydrogens (primary N) is 1. The van der Waals surface area contributed by atoms with E-state index in [-0.39, 0.29) is 0 Å². The van der Waals surface area contributed by atoms with E-state index in [0.717, 1.165) is 7.11 Å². The van der Waals surface area contributed by atoms with Crippen LogP contribution in [0.5, 0.6) is 5.75 Å². The Hall–Kier alpha value is -1.60. The van der Waals surface area contributed by atoms with E-state index in [4.69, 9.17) is 14.4 Å². The topological polar surface area (TPSA) is 107 Å². The molecule has 3 N–H and O–H groups in total. The first-order valence-electron chi connectivity index (χ1n) is 5.06. The van der Waals surface area contributed by atoms with Gasteiger partial charge in [-0.1, -0.05) is 0 Å². The predicted molar refractivity (Wildman–Crippen MR) is 51.3 cm³/mol. The van der Waals surface area contributed by atoms with Gasteiger partial charge in [-0.15, -0.1) is 0 Å². The lowest BCUT2D eigenvalue weighted by Crippen LogP contribution is -2.13. The molecule has 0 heterocycles. The van der Waals surface area contributed by atoms with Crippen LogP contribution in [0.4, 0.5) is 0 Å². The van der Waals surface area contributed by atoms with Crippen molar-refractivity contribution in [2.45, 2.75) is 4.90 Å². The summed E-state index contributed by atoms with van der Waals surface area (Å²) in [4.78, 5) is 9.96. The normalized spacial score (nSPS) is 13.9. The van der Waals surface area contributed by atoms with Crippen LogP contribution in [0.3, 0.4) is 0 Å². The number of carbonyl (C=O) groups is 1. The molecule has 0 radical (unpaired) electrons. The highest BCUT2D eigenvalue weighted by molar-refractivity contribution is 7.89. The van der Waals surface area contributed by atoms with Gasteiger partial charge >= 0.3 is 5.97 Å². The van der Waals surface area contributed by atoms with Crippen LogP contribution in [0.25, 0.3) is 0 Å². The minimum Gasteiger partial charge on any atom is -0.496 e. The summed E-state index contributed by atoms with van der Waals surface area (Å²) in [5, 5.41) is 13.7. The molecule has 0 saturated heterocycles.